The Balaban J connectivity index is 1.91. The third-order valence-corrected chi connectivity index (χ3v) is 3.76. The number of imidazole rings is 1. The lowest BCUT2D eigenvalue weighted by molar-refractivity contribution is 0.617. The Morgan fingerprint density at radius 2 is 1.62 bits per heavy atom. The van der Waals surface area contributed by atoms with Gasteiger partial charge in [0.2, 0.25) is 0 Å². The molecule has 0 amide bonds. The molecule has 0 saturated carbocycles. The van der Waals surface area contributed by atoms with Crippen molar-refractivity contribution in [1.29, 1.82) is 0 Å². The molecular formula is C18H19N3. The van der Waals surface area contributed by atoms with Gasteiger partial charge in [-0.05, 0) is 23.7 Å². The van der Waals surface area contributed by atoms with E-state index in [-0.39, 0.29) is 6.04 Å². The predicted octanol–water partition coefficient (Wildman–Crippen LogP) is 3.40. The maximum absolute atomic E-state index is 4.44. The van der Waals surface area contributed by atoms with Crippen LogP contribution in [0.25, 0.3) is 11.1 Å². The van der Waals surface area contributed by atoms with Crippen molar-refractivity contribution >= 4 is 0 Å². The van der Waals surface area contributed by atoms with Crippen molar-refractivity contribution < 1.29 is 0 Å². The topological polar surface area (TPSA) is 29.9 Å². The standard InChI is InChI=1S/C18H19N3/c1-19-17(18-20-12-13-21(18)2)16-10-8-15(9-11-16)14-6-4-3-5-7-14/h3-13,17,19H,1-2H3. The van der Waals surface area contributed by atoms with Crippen molar-refractivity contribution in [3.63, 3.8) is 0 Å². The van der Waals surface area contributed by atoms with E-state index in [0.29, 0.717) is 0 Å². The molecule has 106 valence electrons. The van der Waals surface area contributed by atoms with Crippen LogP contribution in [-0.2, 0) is 7.05 Å². The van der Waals surface area contributed by atoms with Crippen molar-refractivity contribution in [2.24, 2.45) is 7.05 Å². The van der Waals surface area contributed by atoms with Crippen molar-refractivity contribution in [1.82, 2.24) is 14.9 Å². The molecule has 21 heavy (non-hydrogen) atoms. The summed E-state index contributed by atoms with van der Waals surface area (Å²) in [4.78, 5) is 4.44. The van der Waals surface area contributed by atoms with Gasteiger partial charge in [-0.1, -0.05) is 54.6 Å². The first kappa shape index (κ1) is 13.6. The highest BCUT2D eigenvalue weighted by molar-refractivity contribution is 5.63. The SMILES string of the molecule is CNC(c1ccc(-c2ccccc2)cc1)c1nccn1C. The number of rotatable bonds is 4. The minimum Gasteiger partial charge on any atom is -0.336 e. The zero-order valence-corrected chi connectivity index (χ0v) is 12.3. The van der Waals surface area contributed by atoms with Crippen molar-refractivity contribution in [2.75, 3.05) is 7.05 Å². The summed E-state index contributed by atoms with van der Waals surface area (Å²) >= 11 is 0. The van der Waals surface area contributed by atoms with Crippen LogP contribution in [0.2, 0.25) is 0 Å². The normalized spacial score (nSPS) is 12.3. The second-order valence-corrected chi connectivity index (χ2v) is 5.11. The zero-order chi connectivity index (χ0) is 14.7. The van der Waals surface area contributed by atoms with Crippen molar-refractivity contribution in [3.8, 4) is 11.1 Å². The first-order chi connectivity index (χ1) is 10.3. The molecule has 0 spiro atoms. The molecule has 0 aliphatic heterocycles. The Labute approximate surface area is 125 Å². The Bertz CT molecular complexity index is 699. The highest BCUT2D eigenvalue weighted by Crippen LogP contribution is 2.24. The molecular weight excluding hydrogens is 258 g/mol. The molecule has 1 N–H and O–H groups in total. The van der Waals surface area contributed by atoms with Crippen LogP contribution in [0.5, 0.6) is 0 Å². The molecule has 3 rings (SSSR count). The van der Waals surface area contributed by atoms with E-state index >= 15 is 0 Å². The Kier molecular flexibility index (Phi) is 3.84. The summed E-state index contributed by atoms with van der Waals surface area (Å²) in [5.74, 6) is 1.02. The lowest BCUT2D eigenvalue weighted by Gasteiger charge is -2.17. The molecule has 1 heterocycles. The third kappa shape index (κ3) is 2.73. The highest BCUT2D eigenvalue weighted by atomic mass is 15.1. The van der Waals surface area contributed by atoms with Gasteiger partial charge in [-0.2, -0.15) is 0 Å². The van der Waals surface area contributed by atoms with E-state index in [1.54, 1.807) is 0 Å². The first-order valence-electron chi connectivity index (χ1n) is 7.09. The molecule has 1 aromatic heterocycles. The smallest absolute Gasteiger partial charge is 0.130 e. The average molecular weight is 277 g/mol. The maximum atomic E-state index is 4.44. The molecule has 0 radical (unpaired) electrons. The molecule has 0 fully saturated rings. The molecule has 1 unspecified atom stereocenters. The lowest BCUT2D eigenvalue weighted by Crippen LogP contribution is -2.21. The Hall–Kier alpha value is -2.39. The molecule has 0 aliphatic rings. The fraction of sp³-hybridized carbons (Fsp3) is 0.167. The summed E-state index contributed by atoms with van der Waals surface area (Å²) in [6.45, 7) is 0. The predicted molar refractivity (Wildman–Crippen MR) is 86.0 cm³/mol. The quantitative estimate of drug-likeness (QED) is 0.792. The lowest BCUT2D eigenvalue weighted by atomic mass is 10.0. The van der Waals surface area contributed by atoms with E-state index in [1.807, 2.05) is 37.1 Å². The number of hydrogen-bond donors (Lipinski definition) is 1. The zero-order valence-electron chi connectivity index (χ0n) is 12.3. The average Bonchev–Trinajstić information content (AvgIpc) is 2.96. The maximum Gasteiger partial charge on any atom is 0.130 e. The van der Waals surface area contributed by atoms with Crippen LogP contribution in [0.1, 0.15) is 17.4 Å². The Morgan fingerprint density at radius 3 is 2.19 bits per heavy atom. The second kappa shape index (κ2) is 5.94. The number of benzene rings is 2. The van der Waals surface area contributed by atoms with E-state index in [0.717, 1.165) is 5.82 Å². The number of aromatic nitrogens is 2. The van der Waals surface area contributed by atoms with Crippen LogP contribution in [0, 0.1) is 0 Å². The van der Waals surface area contributed by atoms with Crippen molar-refractivity contribution in [2.45, 2.75) is 6.04 Å². The molecule has 2 aromatic carbocycles. The first-order valence-corrected chi connectivity index (χ1v) is 7.09. The van der Waals surface area contributed by atoms with Crippen LogP contribution < -0.4 is 5.32 Å². The van der Waals surface area contributed by atoms with Gasteiger partial charge in [0.15, 0.2) is 0 Å². The summed E-state index contributed by atoms with van der Waals surface area (Å²) < 4.78 is 2.05. The highest BCUT2D eigenvalue weighted by Gasteiger charge is 2.15. The summed E-state index contributed by atoms with van der Waals surface area (Å²) in [5.41, 5.74) is 3.68. The van der Waals surface area contributed by atoms with Crippen LogP contribution >= 0.6 is 0 Å². The minimum atomic E-state index is 0.106. The van der Waals surface area contributed by atoms with Gasteiger partial charge in [0, 0.05) is 19.4 Å². The van der Waals surface area contributed by atoms with Crippen LogP contribution in [0.4, 0.5) is 0 Å². The fourth-order valence-corrected chi connectivity index (χ4v) is 2.60. The fourth-order valence-electron chi connectivity index (χ4n) is 2.60. The van der Waals surface area contributed by atoms with E-state index in [1.165, 1.54) is 16.7 Å². The second-order valence-electron chi connectivity index (χ2n) is 5.11. The van der Waals surface area contributed by atoms with Gasteiger partial charge in [0.25, 0.3) is 0 Å². The van der Waals surface area contributed by atoms with Crippen LogP contribution in [0.15, 0.2) is 67.0 Å². The Morgan fingerprint density at radius 1 is 0.952 bits per heavy atom. The van der Waals surface area contributed by atoms with E-state index in [2.05, 4.69) is 58.8 Å². The number of nitrogens with zero attached hydrogens (tertiary/aromatic N) is 2. The summed E-state index contributed by atoms with van der Waals surface area (Å²) in [6.07, 6.45) is 3.80. The summed E-state index contributed by atoms with van der Waals surface area (Å²) in [6, 6.07) is 19.2. The van der Waals surface area contributed by atoms with Gasteiger partial charge in [0.05, 0.1) is 6.04 Å². The van der Waals surface area contributed by atoms with Crippen LogP contribution in [-0.4, -0.2) is 16.6 Å². The van der Waals surface area contributed by atoms with Gasteiger partial charge < -0.3 is 9.88 Å². The summed E-state index contributed by atoms with van der Waals surface area (Å²) in [5, 5.41) is 3.34. The largest absolute Gasteiger partial charge is 0.336 e. The molecule has 3 aromatic rings. The number of nitrogens with one attached hydrogen (secondary N) is 1. The van der Waals surface area contributed by atoms with Crippen molar-refractivity contribution in [3.05, 3.63) is 78.4 Å². The molecule has 3 nitrogen and oxygen atoms in total. The molecule has 0 bridgehead atoms. The monoisotopic (exact) mass is 277 g/mol. The molecule has 0 saturated heterocycles. The van der Waals surface area contributed by atoms with E-state index in [9.17, 15) is 0 Å². The third-order valence-electron chi connectivity index (χ3n) is 3.76. The molecule has 3 heteroatoms. The summed E-state index contributed by atoms with van der Waals surface area (Å²) in [7, 11) is 3.98. The minimum absolute atomic E-state index is 0.106. The molecule has 1 atom stereocenters. The number of aryl methyl sites for hydroxylation is 1. The van der Waals surface area contributed by atoms with Crippen LogP contribution in [0.3, 0.4) is 0 Å². The van der Waals surface area contributed by atoms with Gasteiger partial charge in [-0.3, -0.25) is 0 Å². The van der Waals surface area contributed by atoms with Gasteiger partial charge in [-0.25, -0.2) is 4.98 Å². The van der Waals surface area contributed by atoms with Gasteiger partial charge in [0.1, 0.15) is 5.82 Å². The number of hydrogen-bond acceptors (Lipinski definition) is 2. The molecule has 0 aliphatic carbocycles. The van der Waals surface area contributed by atoms with E-state index in [4.69, 9.17) is 0 Å². The van der Waals surface area contributed by atoms with Gasteiger partial charge >= 0.3 is 0 Å². The van der Waals surface area contributed by atoms with E-state index < -0.39 is 0 Å². The van der Waals surface area contributed by atoms with Gasteiger partial charge in [-0.15, -0.1) is 0 Å².